The molecule has 1 N–H and O–H groups in total. The van der Waals surface area contributed by atoms with E-state index >= 15 is 0 Å². The minimum absolute atomic E-state index is 0.215. The number of hydrogen-bond donors (Lipinski definition) is 1. The Bertz CT molecular complexity index is 335. The number of nitrogens with one attached hydrogen (secondary N) is 1. The fourth-order valence-electron chi connectivity index (χ4n) is 2.21. The molecule has 1 fully saturated rings. The van der Waals surface area contributed by atoms with Gasteiger partial charge in [0.1, 0.15) is 0 Å². The first-order chi connectivity index (χ1) is 9.52. The van der Waals surface area contributed by atoms with E-state index in [1.807, 2.05) is 0 Å². The standard InChI is InChI=1S/C15H25NO4/c1-4-9-19-12(3)15(18)20-10-14(17)16-13-7-5-11(2)6-8-13/h4,11-13H,1,5-10H2,2-3H3,(H,16,17). The molecule has 1 aliphatic rings. The molecular weight excluding hydrogens is 258 g/mol. The molecular formula is C15H25NO4. The summed E-state index contributed by atoms with van der Waals surface area (Å²) in [5, 5.41) is 2.90. The van der Waals surface area contributed by atoms with Gasteiger partial charge in [-0.25, -0.2) is 4.79 Å². The lowest BCUT2D eigenvalue weighted by atomic mass is 9.87. The van der Waals surface area contributed by atoms with E-state index < -0.39 is 12.1 Å². The SMILES string of the molecule is C=CCOC(C)C(=O)OCC(=O)NC1CCC(C)CC1. The van der Waals surface area contributed by atoms with Crippen LogP contribution < -0.4 is 5.32 Å². The lowest BCUT2D eigenvalue weighted by Gasteiger charge is -2.26. The number of esters is 1. The van der Waals surface area contributed by atoms with Crippen LogP contribution in [0.5, 0.6) is 0 Å². The summed E-state index contributed by atoms with van der Waals surface area (Å²) in [5.74, 6) is -0.0306. The molecule has 0 bridgehead atoms. The fourth-order valence-corrected chi connectivity index (χ4v) is 2.21. The Hall–Kier alpha value is -1.36. The molecule has 0 saturated heterocycles. The first kappa shape index (κ1) is 16.7. The zero-order valence-corrected chi connectivity index (χ0v) is 12.4. The lowest BCUT2D eigenvalue weighted by molar-refractivity contribution is -0.158. The molecule has 1 amide bonds. The molecule has 1 unspecified atom stereocenters. The predicted octanol–water partition coefficient (Wildman–Crippen LogP) is 1.82. The second kappa shape index (κ2) is 8.74. The van der Waals surface area contributed by atoms with Crippen LogP contribution in [-0.4, -0.2) is 37.2 Å². The Morgan fingerprint density at radius 2 is 2.00 bits per heavy atom. The number of carbonyl (C=O) groups excluding carboxylic acids is 2. The summed E-state index contributed by atoms with van der Waals surface area (Å²) >= 11 is 0. The van der Waals surface area contributed by atoms with Gasteiger partial charge in [-0.1, -0.05) is 13.0 Å². The highest BCUT2D eigenvalue weighted by Gasteiger charge is 2.21. The minimum atomic E-state index is -0.684. The van der Waals surface area contributed by atoms with Crippen molar-refractivity contribution in [3.05, 3.63) is 12.7 Å². The summed E-state index contributed by atoms with van der Waals surface area (Å²) < 4.78 is 10.0. The summed E-state index contributed by atoms with van der Waals surface area (Å²) in [6.07, 6.45) is 5.14. The number of carbonyl (C=O) groups is 2. The Morgan fingerprint density at radius 3 is 2.60 bits per heavy atom. The molecule has 0 aromatic rings. The zero-order valence-electron chi connectivity index (χ0n) is 12.4. The molecule has 1 atom stereocenters. The van der Waals surface area contributed by atoms with Gasteiger partial charge in [-0.15, -0.1) is 6.58 Å². The van der Waals surface area contributed by atoms with E-state index in [0.717, 1.165) is 31.6 Å². The normalized spacial score (nSPS) is 23.7. The highest BCUT2D eigenvalue weighted by molar-refractivity contribution is 5.82. The molecule has 5 heteroatoms. The van der Waals surface area contributed by atoms with Crippen molar-refractivity contribution < 1.29 is 19.1 Å². The van der Waals surface area contributed by atoms with E-state index in [-0.39, 0.29) is 25.2 Å². The second-order valence-electron chi connectivity index (χ2n) is 5.40. The van der Waals surface area contributed by atoms with Gasteiger partial charge in [-0.3, -0.25) is 4.79 Å². The fraction of sp³-hybridized carbons (Fsp3) is 0.733. The quantitative estimate of drug-likeness (QED) is 0.572. The lowest BCUT2D eigenvalue weighted by Crippen LogP contribution is -2.40. The monoisotopic (exact) mass is 283 g/mol. The maximum Gasteiger partial charge on any atom is 0.335 e. The van der Waals surface area contributed by atoms with Crippen LogP contribution in [0.1, 0.15) is 39.5 Å². The molecule has 20 heavy (non-hydrogen) atoms. The number of hydrogen-bond acceptors (Lipinski definition) is 4. The Labute approximate surface area is 120 Å². The number of rotatable bonds is 7. The van der Waals surface area contributed by atoms with E-state index in [1.165, 1.54) is 0 Å². The van der Waals surface area contributed by atoms with Crippen molar-refractivity contribution in [2.75, 3.05) is 13.2 Å². The minimum Gasteiger partial charge on any atom is -0.454 e. The van der Waals surface area contributed by atoms with Gasteiger partial charge < -0.3 is 14.8 Å². The second-order valence-corrected chi connectivity index (χ2v) is 5.40. The van der Waals surface area contributed by atoms with Crippen LogP contribution in [0.4, 0.5) is 0 Å². The molecule has 0 aliphatic heterocycles. The maximum absolute atomic E-state index is 11.7. The van der Waals surface area contributed by atoms with Gasteiger partial charge in [-0.2, -0.15) is 0 Å². The topological polar surface area (TPSA) is 64.6 Å². The van der Waals surface area contributed by atoms with E-state index in [1.54, 1.807) is 13.0 Å². The van der Waals surface area contributed by atoms with Gasteiger partial charge in [0.25, 0.3) is 5.91 Å². The third-order valence-corrected chi connectivity index (χ3v) is 3.52. The van der Waals surface area contributed by atoms with Gasteiger partial charge >= 0.3 is 5.97 Å². The molecule has 0 spiro atoms. The van der Waals surface area contributed by atoms with Crippen molar-refractivity contribution in [2.45, 2.75) is 51.7 Å². The van der Waals surface area contributed by atoms with Crippen LogP contribution in [0.2, 0.25) is 0 Å². The van der Waals surface area contributed by atoms with Crippen LogP contribution in [0.15, 0.2) is 12.7 Å². The molecule has 5 nitrogen and oxygen atoms in total. The Kier molecular flexibility index (Phi) is 7.30. The van der Waals surface area contributed by atoms with Crippen molar-refractivity contribution in [2.24, 2.45) is 5.92 Å². The molecule has 1 rings (SSSR count). The van der Waals surface area contributed by atoms with E-state index in [4.69, 9.17) is 9.47 Å². The van der Waals surface area contributed by atoms with Crippen molar-refractivity contribution in [1.29, 1.82) is 0 Å². The maximum atomic E-state index is 11.7. The highest BCUT2D eigenvalue weighted by atomic mass is 16.6. The highest BCUT2D eigenvalue weighted by Crippen LogP contribution is 2.23. The van der Waals surface area contributed by atoms with Crippen molar-refractivity contribution in [1.82, 2.24) is 5.32 Å². The molecule has 0 heterocycles. The summed E-state index contributed by atoms with van der Waals surface area (Å²) in [6, 6.07) is 0.215. The largest absolute Gasteiger partial charge is 0.454 e. The first-order valence-corrected chi connectivity index (χ1v) is 7.21. The van der Waals surface area contributed by atoms with Crippen LogP contribution in [0.3, 0.4) is 0 Å². The summed E-state index contributed by atoms with van der Waals surface area (Å²) in [6.45, 7) is 7.35. The van der Waals surface area contributed by atoms with Crippen LogP contribution in [0.25, 0.3) is 0 Å². The number of amides is 1. The molecule has 0 aromatic carbocycles. The van der Waals surface area contributed by atoms with Gasteiger partial charge in [0, 0.05) is 6.04 Å². The van der Waals surface area contributed by atoms with E-state index in [9.17, 15) is 9.59 Å². The molecule has 0 radical (unpaired) electrons. The van der Waals surface area contributed by atoms with Crippen LogP contribution in [0, 0.1) is 5.92 Å². The third-order valence-electron chi connectivity index (χ3n) is 3.52. The Morgan fingerprint density at radius 1 is 1.35 bits per heavy atom. The van der Waals surface area contributed by atoms with Crippen molar-refractivity contribution >= 4 is 11.9 Å². The van der Waals surface area contributed by atoms with Gasteiger partial charge in [-0.05, 0) is 38.5 Å². The third kappa shape index (κ3) is 6.19. The average molecular weight is 283 g/mol. The first-order valence-electron chi connectivity index (χ1n) is 7.21. The van der Waals surface area contributed by atoms with Gasteiger partial charge in [0.2, 0.25) is 0 Å². The average Bonchev–Trinajstić information content (AvgIpc) is 2.44. The van der Waals surface area contributed by atoms with Crippen LogP contribution in [-0.2, 0) is 19.1 Å². The molecule has 0 aromatic heterocycles. The number of ether oxygens (including phenoxy) is 2. The Balaban J connectivity index is 2.19. The predicted molar refractivity (Wildman–Crippen MR) is 76.1 cm³/mol. The zero-order chi connectivity index (χ0) is 15.0. The van der Waals surface area contributed by atoms with Crippen LogP contribution >= 0.6 is 0 Å². The summed E-state index contributed by atoms with van der Waals surface area (Å²) in [5.41, 5.74) is 0. The van der Waals surface area contributed by atoms with E-state index in [2.05, 4.69) is 18.8 Å². The summed E-state index contributed by atoms with van der Waals surface area (Å²) in [4.78, 5) is 23.2. The van der Waals surface area contributed by atoms with E-state index in [0.29, 0.717) is 0 Å². The summed E-state index contributed by atoms with van der Waals surface area (Å²) in [7, 11) is 0. The molecule has 1 saturated carbocycles. The molecule has 1 aliphatic carbocycles. The van der Waals surface area contributed by atoms with Crippen molar-refractivity contribution in [3.63, 3.8) is 0 Å². The van der Waals surface area contributed by atoms with Crippen molar-refractivity contribution in [3.8, 4) is 0 Å². The smallest absolute Gasteiger partial charge is 0.335 e. The van der Waals surface area contributed by atoms with Gasteiger partial charge in [0.05, 0.1) is 6.61 Å². The molecule has 114 valence electrons. The van der Waals surface area contributed by atoms with Gasteiger partial charge in [0.15, 0.2) is 12.7 Å².